The lowest BCUT2D eigenvalue weighted by atomic mass is 9.98. The van der Waals surface area contributed by atoms with Gasteiger partial charge in [0.05, 0.1) is 0 Å². The number of hydrogen-bond donors (Lipinski definition) is 3. The maximum Gasteiger partial charge on any atom is 0.165 e. The van der Waals surface area contributed by atoms with E-state index in [0.717, 1.165) is 49.2 Å². The number of anilines is 3. The van der Waals surface area contributed by atoms with Gasteiger partial charge < -0.3 is 16.4 Å². The molecule has 3 aromatic rings. The van der Waals surface area contributed by atoms with Crippen LogP contribution < -0.4 is 16.4 Å². The van der Waals surface area contributed by atoms with Crippen LogP contribution in [0.3, 0.4) is 0 Å². The molecule has 0 unspecified atom stereocenters. The highest BCUT2D eigenvalue weighted by molar-refractivity contribution is 6.30. The van der Waals surface area contributed by atoms with Gasteiger partial charge in [0.15, 0.2) is 11.5 Å². The number of nitrogens with zero attached hydrogens (tertiary/aromatic N) is 4. The van der Waals surface area contributed by atoms with Crippen LogP contribution in [0.1, 0.15) is 12.8 Å². The van der Waals surface area contributed by atoms with Crippen LogP contribution >= 0.6 is 11.6 Å². The van der Waals surface area contributed by atoms with Gasteiger partial charge in [-0.3, -0.25) is 0 Å². The van der Waals surface area contributed by atoms with Gasteiger partial charge in [0.2, 0.25) is 0 Å². The highest BCUT2D eigenvalue weighted by Crippen LogP contribution is 2.30. The van der Waals surface area contributed by atoms with Crippen molar-refractivity contribution in [3.05, 3.63) is 35.6 Å². The standard InChI is InChI=1S/C17H20ClN7/c18-12-2-1-3-13(8-12)23-16-14-15(19)21-10-22-17(14)25(24-16)9-11-4-6-20-7-5-11/h1-3,8,10-11,20H,4-7,9H2,(H,23,24)(H2,19,21,22). The van der Waals surface area contributed by atoms with Crippen LogP contribution in [-0.4, -0.2) is 32.8 Å². The molecule has 0 radical (unpaired) electrons. The minimum Gasteiger partial charge on any atom is -0.383 e. The lowest BCUT2D eigenvalue weighted by Crippen LogP contribution is -2.30. The number of halogens is 1. The molecule has 3 heterocycles. The van der Waals surface area contributed by atoms with Gasteiger partial charge in [-0.05, 0) is 50.0 Å². The summed E-state index contributed by atoms with van der Waals surface area (Å²) in [4.78, 5) is 8.54. The van der Waals surface area contributed by atoms with Crippen molar-refractivity contribution in [3.63, 3.8) is 0 Å². The zero-order chi connectivity index (χ0) is 17.2. The van der Waals surface area contributed by atoms with E-state index in [1.54, 1.807) is 0 Å². The number of aromatic nitrogens is 4. The second-order valence-corrected chi connectivity index (χ2v) is 6.75. The smallest absolute Gasteiger partial charge is 0.165 e. The van der Waals surface area contributed by atoms with Crippen LogP contribution in [0, 0.1) is 5.92 Å². The Morgan fingerprint density at radius 3 is 2.92 bits per heavy atom. The zero-order valence-corrected chi connectivity index (χ0v) is 14.5. The average molecular weight is 358 g/mol. The zero-order valence-electron chi connectivity index (χ0n) is 13.7. The Balaban J connectivity index is 1.70. The first-order valence-corrected chi connectivity index (χ1v) is 8.79. The molecule has 4 rings (SSSR count). The molecule has 1 saturated heterocycles. The molecule has 2 aromatic heterocycles. The predicted molar refractivity (Wildman–Crippen MR) is 100 cm³/mol. The Morgan fingerprint density at radius 1 is 1.28 bits per heavy atom. The van der Waals surface area contributed by atoms with E-state index in [1.807, 2.05) is 28.9 Å². The first-order chi connectivity index (χ1) is 12.2. The van der Waals surface area contributed by atoms with Crippen molar-refractivity contribution in [2.45, 2.75) is 19.4 Å². The van der Waals surface area contributed by atoms with E-state index >= 15 is 0 Å². The molecular formula is C17H20ClN7. The number of benzene rings is 1. The second-order valence-electron chi connectivity index (χ2n) is 6.32. The summed E-state index contributed by atoms with van der Waals surface area (Å²) < 4.78 is 1.94. The van der Waals surface area contributed by atoms with Gasteiger partial charge in [-0.25, -0.2) is 14.6 Å². The van der Waals surface area contributed by atoms with Gasteiger partial charge in [-0.2, -0.15) is 5.10 Å². The van der Waals surface area contributed by atoms with Gasteiger partial charge in [-0.15, -0.1) is 0 Å². The Bertz CT molecular complexity index is 886. The molecule has 25 heavy (non-hydrogen) atoms. The fourth-order valence-electron chi connectivity index (χ4n) is 3.26. The number of rotatable bonds is 4. The van der Waals surface area contributed by atoms with Crippen molar-refractivity contribution >= 4 is 40.0 Å². The van der Waals surface area contributed by atoms with Crippen LogP contribution in [0.15, 0.2) is 30.6 Å². The third-order valence-electron chi connectivity index (χ3n) is 4.54. The Kier molecular flexibility index (Phi) is 4.42. The van der Waals surface area contributed by atoms with Crippen LogP contribution in [0.2, 0.25) is 5.02 Å². The normalized spacial score (nSPS) is 15.6. The van der Waals surface area contributed by atoms with E-state index in [9.17, 15) is 0 Å². The number of hydrogen-bond acceptors (Lipinski definition) is 6. The molecule has 7 nitrogen and oxygen atoms in total. The molecule has 0 aliphatic carbocycles. The van der Waals surface area contributed by atoms with Crippen LogP contribution in [-0.2, 0) is 6.54 Å². The second kappa shape index (κ2) is 6.85. The molecule has 0 spiro atoms. The summed E-state index contributed by atoms with van der Waals surface area (Å²) in [6.07, 6.45) is 3.76. The summed E-state index contributed by atoms with van der Waals surface area (Å²) in [5.41, 5.74) is 7.72. The van der Waals surface area contributed by atoms with Crippen molar-refractivity contribution in [1.29, 1.82) is 0 Å². The lowest BCUT2D eigenvalue weighted by Gasteiger charge is -2.22. The molecule has 0 bridgehead atoms. The van der Waals surface area contributed by atoms with E-state index in [2.05, 4.69) is 20.6 Å². The van der Waals surface area contributed by atoms with Gasteiger partial charge >= 0.3 is 0 Å². The van der Waals surface area contributed by atoms with E-state index in [0.29, 0.717) is 22.6 Å². The summed E-state index contributed by atoms with van der Waals surface area (Å²) in [6.45, 7) is 2.93. The SMILES string of the molecule is Nc1ncnc2c1c(Nc1cccc(Cl)c1)nn2CC1CCNCC1. The molecule has 0 amide bonds. The first kappa shape index (κ1) is 16.1. The molecule has 8 heteroatoms. The maximum absolute atomic E-state index is 6.11. The number of nitrogens with one attached hydrogen (secondary N) is 2. The molecule has 0 saturated carbocycles. The Morgan fingerprint density at radius 2 is 2.12 bits per heavy atom. The number of fused-ring (bicyclic) bond motifs is 1. The fourth-order valence-corrected chi connectivity index (χ4v) is 3.45. The Hall–Kier alpha value is -2.38. The highest BCUT2D eigenvalue weighted by atomic mass is 35.5. The van der Waals surface area contributed by atoms with Crippen LogP contribution in [0.5, 0.6) is 0 Å². The van der Waals surface area contributed by atoms with Gasteiger partial charge in [0.25, 0.3) is 0 Å². The minimum atomic E-state index is 0.422. The highest BCUT2D eigenvalue weighted by Gasteiger charge is 2.20. The van der Waals surface area contributed by atoms with E-state index < -0.39 is 0 Å². The van der Waals surface area contributed by atoms with E-state index in [-0.39, 0.29) is 0 Å². The minimum absolute atomic E-state index is 0.422. The topological polar surface area (TPSA) is 93.7 Å². The van der Waals surface area contributed by atoms with Gasteiger partial charge in [0.1, 0.15) is 17.5 Å². The predicted octanol–water partition coefficient (Wildman–Crippen LogP) is 2.81. The summed E-state index contributed by atoms with van der Waals surface area (Å²) in [7, 11) is 0. The van der Waals surface area contributed by atoms with Crippen LogP contribution in [0.25, 0.3) is 11.0 Å². The van der Waals surface area contributed by atoms with Crippen molar-refractivity contribution in [3.8, 4) is 0 Å². The van der Waals surface area contributed by atoms with Crippen molar-refractivity contribution in [1.82, 2.24) is 25.1 Å². The summed E-state index contributed by atoms with van der Waals surface area (Å²) in [6, 6.07) is 7.50. The van der Waals surface area contributed by atoms with Crippen molar-refractivity contribution in [2.24, 2.45) is 5.92 Å². The largest absolute Gasteiger partial charge is 0.383 e. The van der Waals surface area contributed by atoms with E-state index in [4.69, 9.17) is 22.4 Å². The summed E-state index contributed by atoms with van der Waals surface area (Å²) >= 11 is 6.07. The van der Waals surface area contributed by atoms with Crippen molar-refractivity contribution in [2.75, 3.05) is 24.1 Å². The van der Waals surface area contributed by atoms with Crippen molar-refractivity contribution < 1.29 is 0 Å². The molecule has 4 N–H and O–H groups in total. The average Bonchev–Trinajstić information content (AvgIpc) is 2.95. The van der Waals surface area contributed by atoms with E-state index in [1.165, 1.54) is 6.33 Å². The molecule has 1 fully saturated rings. The first-order valence-electron chi connectivity index (χ1n) is 8.41. The van der Waals surface area contributed by atoms with Gasteiger partial charge in [-0.1, -0.05) is 17.7 Å². The molecule has 1 aliphatic rings. The fraction of sp³-hybridized carbons (Fsp3) is 0.353. The quantitative estimate of drug-likeness (QED) is 0.664. The van der Waals surface area contributed by atoms with Gasteiger partial charge in [0, 0.05) is 17.3 Å². The number of nitrogen functional groups attached to an aromatic ring is 1. The third kappa shape index (κ3) is 3.38. The maximum atomic E-state index is 6.11. The third-order valence-corrected chi connectivity index (χ3v) is 4.77. The number of piperidine rings is 1. The number of nitrogens with two attached hydrogens (primary N) is 1. The lowest BCUT2D eigenvalue weighted by molar-refractivity contribution is 0.325. The Labute approximate surface area is 150 Å². The van der Waals surface area contributed by atoms with Crippen LogP contribution in [0.4, 0.5) is 17.3 Å². The molecular weight excluding hydrogens is 338 g/mol. The monoisotopic (exact) mass is 357 g/mol. The molecule has 130 valence electrons. The molecule has 1 aromatic carbocycles. The summed E-state index contributed by atoms with van der Waals surface area (Å²) in [5.74, 6) is 1.66. The summed E-state index contributed by atoms with van der Waals surface area (Å²) in [5, 5.41) is 12.8. The molecule has 1 aliphatic heterocycles. The molecule has 0 atom stereocenters.